The fourth-order valence-electron chi connectivity index (χ4n) is 1.84. The van der Waals surface area contributed by atoms with Gasteiger partial charge in [-0.2, -0.15) is 0 Å². The van der Waals surface area contributed by atoms with Crippen molar-refractivity contribution in [2.45, 2.75) is 33.1 Å². The van der Waals surface area contributed by atoms with E-state index in [2.05, 4.69) is 20.8 Å². The van der Waals surface area contributed by atoms with Crippen LogP contribution >= 0.6 is 0 Å². The number of rotatable bonds is 1. The Bertz CT molecular complexity index is 672. The molecule has 0 atom stereocenters. The van der Waals surface area contributed by atoms with Crippen LogP contribution in [0.25, 0.3) is 11.0 Å². The Kier molecular flexibility index (Phi) is 2.85. The second kappa shape index (κ2) is 4.09. The zero-order valence-electron chi connectivity index (χ0n) is 11.0. The third-order valence-electron chi connectivity index (χ3n) is 2.98. The normalized spacial score (nSPS) is 11.8. The minimum absolute atomic E-state index is 0.0146. The number of carbonyl (C=O) groups excluding carboxylic acids is 1. The van der Waals surface area contributed by atoms with Gasteiger partial charge in [-0.25, -0.2) is 4.79 Å². The van der Waals surface area contributed by atoms with Crippen molar-refractivity contribution < 1.29 is 9.21 Å². The van der Waals surface area contributed by atoms with Gasteiger partial charge in [0.2, 0.25) is 0 Å². The molecule has 0 N–H and O–H groups in total. The van der Waals surface area contributed by atoms with Gasteiger partial charge in [-0.3, -0.25) is 4.79 Å². The number of hydrogen-bond acceptors (Lipinski definition) is 3. The van der Waals surface area contributed by atoms with E-state index in [1.54, 1.807) is 12.1 Å². The van der Waals surface area contributed by atoms with Crippen LogP contribution in [0.1, 0.15) is 43.6 Å². The summed E-state index contributed by atoms with van der Waals surface area (Å²) in [6.45, 7) is 7.70. The van der Waals surface area contributed by atoms with Crippen molar-refractivity contribution >= 4 is 16.8 Å². The molecule has 0 saturated heterocycles. The van der Waals surface area contributed by atoms with E-state index in [9.17, 15) is 9.59 Å². The fourth-order valence-corrected chi connectivity index (χ4v) is 1.84. The molecule has 0 fully saturated rings. The third kappa shape index (κ3) is 2.21. The standard InChI is InChI=1S/C15H16O3/c1-9(16)12-8-10-7-11(15(2,3)4)5-6-13(10)18-14(12)17/h5-8H,1-4H3. The van der Waals surface area contributed by atoms with E-state index < -0.39 is 5.63 Å². The first-order valence-electron chi connectivity index (χ1n) is 5.88. The van der Waals surface area contributed by atoms with Crippen molar-refractivity contribution in [2.75, 3.05) is 0 Å². The maximum Gasteiger partial charge on any atom is 0.347 e. The van der Waals surface area contributed by atoms with E-state index in [4.69, 9.17) is 4.42 Å². The van der Waals surface area contributed by atoms with Gasteiger partial charge in [0.05, 0.1) is 0 Å². The first-order valence-corrected chi connectivity index (χ1v) is 5.88. The van der Waals surface area contributed by atoms with Crippen LogP contribution in [0.3, 0.4) is 0 Å². The smallest absolute Gasteiger partial charge is 0.347 e. The summed E-state index contributed by atoms with van der Waals surface area (Å²) in [5.41, 5.74) is 1.20. The molecule has 0 spiro atoms. The lowest BCUT2D eigenvalue weighted by molar-refractivity contribution is 0.101. The zero-order chi connectivity index (χ0) is 13.5. The Hall–Kier alpha value is -1.90. The van der Waals surface area contributed by atoms with Gasteiger partial charge < -0.3 is 4.42 Å². The Morgan fingerprint density at radius 2 is 1.83 bits per heavy atom. The van der Waals surface area contributed by atoms with Gasteiger partial charge in [0.15, 0.2) is 5.78 Å². The number of hydrogen-bond donors (Lipinski definition) is 0. The molecule has 3 heteroatoms. The van der Waals surface area contributed by atoms with Crippen molar-refractivity contribution in [3.05, 3.63) is 45.8 Å². The van der Waals surface area contributed by atoms with Crippen LogP contribution in [-0.2, 0) is 5.41 Å². The summed E-state index contributed by atoms with van der Waals surface area (Å²) < 4.78 is 5.15. The van der Waals surface area contributed by atoms with Gasteiger partial charge in [-0.1, -0.05) is 26.8 Å². The molecule has 1 heterocycles. The summed E-state index contributed by atoms with van der Waals surface area (Å²) in [5, 5.41) is 0.784. The predicted molar refractivity (Wildman–Crippen MR) is 71.2 cm³/mol. The number of Topliss-reactive ketones (excluding diaryl/α,β-unsaturated/α-hetero) is 1. The summed E-state index contributed by atoms with van der Waals surface area (Å²) in [6.07, 6.45) is 0. The highest BCUT2D eigenvalue weighted by atomic mass is 16.4. The van der Waals surface area contributed by atoms with Crippen molar-refractivity contribution in [3.8, 4) is 0 Å². The molecule has 1 aromatic carbocycles. The predicted octanol–water partition coefficient (Wildman–Crippen LogP) is 3.29. The van der Waals surface area contributed by atoms with Crippen LogP contribution in [0.2, 0.25) is 0 Å². The Balaban J connectivity index is 2.73. The summed E-state index contributed by atoms with van der Waals surface area (Å²) in [6, 6.07) is 7.30. The van der Waals surface area contributed by atoms with Crippen LogP contribution in [0.15, 0.2) is 33.5 Å². The molecule has 18 heavy (non-hydrogen) atoms. The Morgan fingerprint density at radius 1 is 1.17 bits per heavy atom. The molecule has 3 nitrogen and oxygen atoms in total. The first kappa shape index (κ1) is 12.6. The zero-order valence-corrected chi connectivity index (χ0v) is 11.0. The van der Waals surface area contributed by atoms with Gasteiger partial charge in [0.25, 0.3) is 0 Å². The molecule has 0 unspecified atom stereocenters. The van der Waals surface area contributed by atoms with Gasteiger partial charge in [0, 0.05) is 5.39 Å². The van der Waals surface area contributed by atoms with Crippen molar-refractivity contribution in [2.24, 2.45) is 0 Å². The van der Waals surface area contributed by atoms with Gasteiger partial charge in [0.1, 0.15) is 11.1 Å². The SMILES string of the molecule is CC(=O)c1cc2cc(C(C)(C)C)ccc2oc1=O. The lowest BCUT2D eigenvalue weighted by atomic mass is 9.86. The maximum atomic E-state index is 11.6. The molecular formula is C15H16O3. The lowest BCUT2D eigenvalue weighted by Crippen LogP contribution is -2.13. The van der Waals surface area contributed by atoms with E-state index in [1.807, 2.05) is 12.1 Å². The maximum absolute atomic E-state index is 11.6. The van der Waals surface area contributed by atoms with E-state index in [-0.39, 0.29) is 16.8 Å². The molecule has 2 aromatic rings. The molecule has 0 aliphatic heterocycles. The van der Waals surface area contributed by atoms with Crippen LogP contribution in [0.5, 0.6) is 0 Å². The van der Waals surface area contributed by atoms with Gasteiger partial charge in [-0.05, 0) is 36.1 Å². The molecular weight excluding hydrogens is 228 g/mol. The lowest BCUT2D eigenvalue weighted by Gasteiger charge is -2.19. The second-order valence-electron chi connectivity index (χ2n) is 5.51. The summed E-state index contributed by atoms with van der Waals surface area (Å²) in [5.74, 6) is -0.271. The monoisotopic (exact) mass is 244 g/mol. The molecule has 94 valence electrons. The Labute approximate surface area is 105 Å². The van der Waals surface area contributed by atoms with E-state index in [0.717, 1.165) is 10.9 Å². The van der Waals surface area contributed by atoms with Crippen LogP contribution < -0.4 is 5.63 Å². The second-order valence-corrected chi connectivity index (χ2v) is 5.51. The largest absolute Gasteiger partial charge is 0.422 e. The number of ketones is 1. The third-order valence-corrected chi connectivity index (χ3v) is 2.98. The average Bonchev–Trinajstić information content (AvgIpc) is 2.25. The van der Waals surface area contributed by atoms with E-state index in [0.29, 0.717) is 5.58 Å². The number of fused-ring (bicyclic) bond motifs is 1. The molecule has 0 saturated carbocycles. The molecule has 0 radical (unpaired) electrons. The summed E-state index contributed by atoms with van der Waals surface area (Å²) in [7, 11) is 0. The van der Waals surface area contributed by atoms with Crippen LogP contribution in [0, 0.1) is 0 Å². The minimum Gasteiger partial charge on any atom is -0.422 e. The highest BCUT2D eigenvalue weighted by Crippen LogP contribution is 2.25. The molecule has 0 aliphatic rings. The van der Waals surface area contributed by atoms with Crippen LogP contribution in [0.4, 0.5) is 0 Å². The highest BCUT2D eigenvalue weighted by molar-refractivity contribution is 5.96. The highest BCUT2D eigenvalue weighted by Gasteiger charge is 2.15. The minimum atomic E-state index is -0.571. The van der Waals surface area contributed by atoms with Gasteiger partial charge in [-0.15, -0.1) is 0 Å². The van der Waals surface area contributed by atoms with Crippen molar-refractivity contribution in [1.29, 1.82) is 0 Å². The fraction of sp³-hybridized carbons (Fsp3) is 0.333. The average molecular weight is 244 g/mol. The van der Waals surface area contributed by atoms with E-state index >= 15 is 0 Å². The molecule has 2 rings (SSSR count). The van der Waals surface area contributed by atoms with Gasteiger partial charge >= 0.3 is 5.63 Å². The first-order chi connectivity index (χ1) is 8.29. The topological polar surface area (TPSA) is 47.3 Å². The molecule has 0 bridgehead atoms. The number of benzene rings is 1. The van der Waals surface area contributed by atoms with E-state index in [1.165, 1.54) is 6.92 Å². The molecule has 1 aromatic heterocycles. The summed E-state index contributed by atoms with van der Waals surface area (Å²) >= 11 is 0. The van der Waals surface area contributed by atoms with Crippen molar-refractivity contribution in [3.63, 3.8) is 0 Å². The molecule has 0 aliphatic carbocycles. The van der Waals surface area contributed by atoms with Crippen molar-refractivity contribution in [1.82, 2.24) is 0 Å². The summed E-state index contributed by atoms with van der Waals surface area (Å²) in [4.78, 5) is 22.9. The van der Waals surface area contributed by atoms with Crippen LogP contribution in [-0.4, -0.2) is 5.78 Å². The Morgan fingerprint density at radius 3 is 2.39 bits per heavy atom. The quantitative estimate of drug-likeness (QED) is 0.571. The molecule has 0 amide bonds. The number of carbonyl (C=O) groups is 1.